The highest BCUT2D eigenvalue weighted by atomic mass is 32.2. The molecule has 10 heteroatoms. The van der Waals surface area contributed by atoms with E-state index in [-0.39, 0.29) is 29.0 Å². The van der Waals surface area contributed by atoms with Crippen LogP contribution in [0.1, 0.15) is 29.1 Å². The molecule has 1 N–H and O–H groups in total. The van der Waals surface area contributed by atoms with Crippen molar-refractivity contribution in [2.45, 2.75) is 30.4 Å². The predicted molar refractivity (Wildman–Crippen MR) is 96.5 cm³/mol. The van der Waals surface area contributed by atoms with Gasteiger partial charge in [0.25, 0.3) is 5.89 Å². The van der Waals surface area contributed by atoms with Gasteiger partial charge in [0.1, 0.15) is 0 Å². The Hall–Kier alpha value is -2.56. The summed E-state index contributed by atoms with van der Waals surface area (Å²) in [5.41, 5.74) is 0.235. The lowest BCUT2D eigenvalue weighted by Crippen LogP contribution is -2.25. The Morgan fingerprint density at radius 1 is 1.26 bits per heavy atom. The van der Waals surface area contributed by atoms with Gasteiger partial charge in [0.2, 0.25) is 15.8 Å². The lowest BCUT2D eigenvalue weighted by atomic mass is 10.2. The zero-order valence-electron chi connectivity index (χ0n) is 14.0. The summed E-state index contributed by atoms with van der Waals surface area (Å²) >= 11 is 1.47. The van der Waals surface area contributed by atoms with E-state index in [1.807, 2.05) is 17.5 Å². The predicted octanol–water partition coefficient (Wildman–Crippen LogP) is 2.60. The second-order valence-electron chi connectivity index (χ2n) is 5.99. The Labute approximate surface area is 159 Å². The average molecular weight is 405 g/mol. The molecule has 2 aromatic heterocycles. The second-order valence-corrected chi connectivity index (χ2v) is 8.65. The molecule has 0 spiro atoms. The summed E-state index contributed by atoms with van der Waals surface area (Å²) in [6.07, 6.45) is 1.71. The van der Waals surface area contributed by atoms with E-state index < -0.39 is 16.0 Å². The van der Waals surface area contributed by atoms with Crippen molar-refractivity contribution in [2.75, 3.05) is 0 Å². The number of sulfonamides is 1. The molecule has 1 aliphatic rings. The molecule has 0 radical (unpaired) electrons. The van der Waals surface area contributed by atoms with Crippen LogP contribution in [0.25, 0.3) is 10.7 Å². The Balaban J connectivity index is 1.37. The second kappa shape index (κ2) is 7.22. The van der Waals surface area contributed by atoms with Gasteiger partial charge in [0.05, 0.1) is 15.3 Å². The van der Waals surface area contributed by atoms with Gasteiger partial charge >= 0.3 is 5.97 Å². The number of aromatic nitrogens is 2. The van der Waals surface area contributed by atoms with Crippen LogP contribution < -0.4 is 4.72 Å². The van der Waals surface area contributed by atoms with Crippen LogP contribution in [0.4, 0.5) is 0 Å². The number of esters is 1. The maximum absolute atomic E-state index is 12.1. The number of nitrogens with zero attached hydrogens (tertiary/aromatic N) is 2. The zero-order chi connectivity index (χ0) is 18.9. The molecular weight excluding hydrogens is 390 g/mol. The van der Waals surface area contributed by atoms with Crippen LogP contribution in [-0.2, 0) is 21.4 Å². The first kappa shape index (κ1) is 17.8. The number of hydrogen-bond acceptors (Lipinski definition) is 8. The summed E-state index contributed by atoms with van der Waals surface area (Å²) in [5, 5.41) is 5.73. The van der Waals surface area contributed by atoms with Gasteiger partial charge in [-0.2, -0.15) is 4.98 Å². The molecule has 1 aromatic carbocycles. The number of carbonyl (C=O) groups excluding carboxylic acids is 1. The van der Waals surface area contributed by atoms with Gasteiger partial charge in [-0.05, 0) is 48.6 Å². The number of rotatable bonds is 7. The highest BCUT2D eigenvalue weighted by Crippen LogP contribution is 2.23. The third kappa shape index (κ3) is 4.24. The Morgan fingerprint density at radius 3 is 2.70 bits per heavy atom. The Kier molecular flexibility index (Phi) is 4.77. The minimum absolute atomic E-state index is 0.0214. The molecule has 1 aliphatic carbocycles. The first-order valence-electron chi connectivity index (χ1n) is 8.17. The normalized spacial score (nSPS) is 14.2. The fourth-order valence-electron chi connectivity index (χ4n) is 2.29. The van der Waals surface area contributed by atoms with E-state index in [9.17, 15) is 13.2 Å². The maximum Gasteiger partial charge on any atom is 0.338 e. The SMILES string of the molecule is O=C(OCc1nc(-c2cccs2)no1)c1ccc(S(=O)(=O)NC2CC2)cc1. The van der Waals surface area contributed by atoms with Gasteiger partial charge in [-0.3, -0.25) is 0 Å². The summed E-state index contributed by atoms with van der Waals surface area (Å²) < 4.78 is 37.0. The fraction of sp³-hybridized carbons (Fsp3) is 0.235. The molecule has 0 bridgehead atoms. The molecule has 1 saturated carbocycles. The molecule has 4 rings (SSSR count). The van der Waals surface area contributed by atoms with E-state index in [0.717, 1.165) is 17.7 Å². The summed E-state index contributed by atoms with van der Waals surface area (Å²) in [4.78, 5) is 17.3. The molecule has 8 nitrogen and oxygen atoms in total. The average Bonchev–Trinajstić information content (AvgIpc) is 3.14. The van der Waals surface area contributed by atoms with Gasteiger partial charge in [0, 0.05) is 6.04 Å². The minimum atomic E-state index is -3.55. The highest BCUT2D eigenvalue weighted by molar-refractivity contribution is 7.89. The molecule has 0 atom stereocenters. The van der Waals surface area contributed by atoms with Crippen LogP contribution in [0, 0.1) is 0 Å². The van der Waals surface area contributed by atoms with Crippen molar-refractivity contribution in [1.29, 1.82) is 0 Å². The lowest BCUT2D eigenvalue weighted by Gasteiger charge is -2.06. The van der Waals surface area contributed by atoms with Crippen LogP contribution in [0.5, 0.6) is 0 Å². The van der Waals surface area contributed by atoms with Crippen molar-refractivity contribution < 1.29 is 22.5 Å². The molecule has 0 saturated heterocycles. The fourth-order valence-corrected chi connectivity index (χ4v) is 4.24. The van der Waals surface area contributed by atoms with E-state index in [0.29, 0.717) is 5.82 Å². The third-order valence-corrected chi connectivity index (χ3v) is 6.24. The molecule has 140 valence electrons. The molecule has 0 amide bonds. The number of nitrogens with one attached hydrogen (secondary N) is 1. The van der Waals surface area contributed by atoms with Crippen molar-refractivity contribution in [3.05, 3.63) is 53.2 Å². The number of hydrogen-bond donors (Lipinski definition) is 1. The monoisotopic (exact) mass is 405 g/mol. The molecule has 2 heterocycles. The maximum atomic E-state index is 12.1. The van der Waals surface area contributed by atoms with E-state index in [1.54, 1.807) is 0 Å². The van der Waals surface area contributed by atoms with E-state index in [4.69, 9.17) is 9.26 Å². The topological polar surface area (TPSA) is 111 Å². The third-order valence-electron chi connectivity index (χ3n) is 3.84. The van der Waals surface area contributed by atoms with Crippen LogP contribution in [0.15, 0.2) is 51.2 Å². The summed E-state index contributed by atoms with van der Waals surface area (Å²) in [5.74, 6) is 0.0123. The number of benzene rings is 1. The standard InChI is InChI=1S/C17H15N3O5S2/c21-17(24-10-15-18-16(19-25-15)14-2-1-9-26-14)11-3-7-13(8-4-11)27(22,23)20-12-5-6-12/h1-4,7-9,12,20H,5-6,10H2. The number of thiophene rings is 1. The lowest BCUT2D eigenvalue weighted by molar-refractivity contribution is 0.0429. The molecule has 0 unspecified atom stereocenters. The van der Waals surface area contributed by atoms with E-state index >= 15 is 0 Å². The molecule has 3 aromatic rings. The zero-order valence-corrected chi connectivity index (χ0v) is 15.6. The van der Waals surface area contributed by atoms with Gasteiger partial charge in [-0.1, -0.05) is 11.2 Å². The van der Waals surface area contributed by atoms with Crippen LogP contribution in [0.2, 0.25) is 0 Å². The van der Waals surface area contributed by atoms with E-state index in [1.165, 1.54) is 35.6 Å². The summed E-state index contributed by atoms with van der Waals surface area (Å²) in [7, 11) is -3.55. The quantitative estimate of drug-likeness (QED) is 0.601. The van der Waals surface area contributed by atoms with Crippen LogP contribution in [-0.4, -0.2) is 30.6 Å². The van der Waals surface area contributed by atoms with Gasteiger partial charge < -0.3 is 9.26 Å². The number of carbonyl (C=O) groups is 1. The van der Waals surface area contributed by atoms with Gasteiger partial charge in [-0.15, -0.1) is 11.3 Å². The van der Waals surface area contributed by atoms with E-state index in [2.05, 4.69) is 14.9 Å². The van der Waals surface area contributed by atoms with Crippen molar-refractivity contribution in [2.24, 2.45) is 0 Å². The summed E-state index contributed by atoms with van der Waals surface area (Å²) in [6, 6.07) is 9.34. The number of ether oxygens (including phenoxy) is 1. The Bertz CT molecular complexity index is 1040. The van der Waals surface area contributed by atoms with Crippen molar-refractivity contribution in [3.63, 3.8) is 0 Å². The van der Waals surface area contributed by atoms with Crippen LogP contribution >= 0.6 is 11.3 Å². The first-order chi connectivity index (χ1) is 13.0. The highest BCUT2D eigenvalue weighted by Gasteiger charge is 2.28. The molecular formula is C17H15N3O5S2. The van der Waals surface area contributed by atoms with Gasteiger partial charge in [0.15, 0.2) is 6.61 Å². The smallest absolute Gasteiger partial charge is 0.338 e. The van der Waals surface area contributed by atoms with Gasteiger partial charge in [-0.25, -0.2) is 17.9 Å². The first-order valence-corrected chi connectivity index (χ1v) is 10.5. The summed E-state index contributed by atoms with van der Waals surface area (Å²) in [6.45, 7) is -0.166. The van der Waals surface area contributed by atoms with Crippen molar-refractivity contribution >= 4 is 27.3 Å². The Morgan fingerprint density at radius 2 is 2.04 bits per heavy atom. The molecule has 27 heavy (non-hydrogen) atoms. The molecule has 1 fully saturated rings. The minimum Gasteiger partial charge on any atom is -0.452 e. The van der Waals surface area contributed by atoms with Crippen molar-refractivity contribution in [3.8, 4) is 10.7 Å². The largest absolute Gasteiger partial charge is 0.452 e. The van der Waals surface area contributed by atoms with Crippen molar-refractivity contribution in [1.82, 2.24) is 14.9 Å². The molecule has 0 aliphatic heterocycles. The van der Waals surface area contributed by atoms with Crippen LogP contribution in [0.3, 0.4) is 0 Å².